The fourth-order valence-corrected chi connectivity index (χ4v) is 2.81. The van der Waals surface area contributed by atoms with Gasteiger partial charge in [0.25, 0.3) is 5.91 Å². The molecule has 2 amide bonds. The third kappa shape index (κ3) is 6.66. The van der Waals surface area contributed by atoms with Gasteiger partial charge < -0.3 is 15.4 Å². The van der Waals surface area contributed by atoms with Crippen molar-refractivity contribution in [1.29, 1.82) is 0 Å². The van der Waals surface area contributed by atoms with Crippen molar-refractivity contribution in [1.82, 2.24) is 10.6 Å². The standard InChI is InChI=1S/C22H27N2O4/c1-3-5-13-19(22(27)28-4-2)24-20(25)15-23-21(26)18-12-8-11-17(14-18)16-9-6-7-10-16/h6-12,14,19H,3-5,13,15H2,1-2H3,(H,23,26)(H,24,25)/t19-/m0/s1. The van der Waals surface area contributed by atoms with E-state index in [1.165, 1.54) is 0 Å². The van der Waals surface area contributed by atoms with E-state index in [4.69, 9.17) is 4.74 Å². The van der Waals surface area contributed by atoms with Crippen LogP contribution >= 0.6 is 0 Å². The number of esters is 1. The quantitative estimate of drug-likeness (QED) is 0.608. The van der Waals surface area contributed by atoms with Crippen LogP contribution in [0.15, 0.2) is 24.3 Å². The SMILES string of the molecule is CCCC[C@H](NC(=O)CNC(=O)c1cccc([C]2[CH][CH][CH][CH]2)c1)C(=O)OCC. The van der Waals surface area contributed by atoms with Crippen molar-refractivity contribution >= 4 is 17.8 Å². The Balaban J connectivity index is 1.87. The molecular formula is C22H27N2O4. The fraction of sp³-hybridized carbons (Fsp3) is 0.364. The fourth-order valence-electron chi connectivity index (χ4n) is 2.81. The highest BCUT2D eigenvalue weighted by molar-refractivity contribution is 5.97. The number of ether oxygens (including phenoxy) is 1. The first-order valence-corrected chi connectivity index (χ1v) is 9.61. The second-order valence-corrected chi connectivity index (χ2v) is 6.45. The van der Waals surface area contributed by atoms with Gasteiger partial charge in [-0.25, -0.2) is 4.79 Å². The number of rotatable bonds is 10. The number of carbonyl (C=O) groups is 3. The summed E-state index contributed by atoms with van der Waals surface area (Å²) >= 11 is 0. The summed E-state index contributed by atoms with van der Waals surface area (Å²) in [6.07, 6.45) is 10.0. The molecule has 28 heavy (non-hydrogen) atoms. The molecule has 1 aliphatic carbocycles. The molecule has 0 spiro atoms. The van der Waals surface area contributed by atoms with E-state index in [1.54, 1.807) is 25.1 Å². The molecule has 0 aliphatic heterocycles. The Hall–Kier alpha value is -2.37. The highest BCUT2D eigenvalue weighted by Crippen LogP contribution is 2.30. The van der Waals surface area contributed by atoms with Gasteiger partial charge in [0.15, 0.2) is 0 Å². The molecule has 0 unspecified atom stereocenters. The molecule has 1 aromatic rings. The van der Waals surface area contributed by atoms with Crippen LogP contribution in [0, 0.1) is 31.6 Å². The first-order chi connectivity index (χ1) is 13.5. The maximum atomic E-state index is 12.4. The van der Waals surface area contributed by atoms with Crippen LogP contribution in [0.5, 0.6) is 0 Å². The maximum absolute atomic E-state index is 12.4. The lowest BCUT2D eigenvalue weighted by molar-refractivity contribution is -0.147. The highest BCUT2D eigenvalue weighted by Gasteiger charge is 2.22. The van der Waals surface area contributed by atoms with E-state index in [0.717, 1.165) is 24.3 Å². The van der Waals surface area contributed by atoms with Crippen molar-refractivity contribution in [3.63, 3.8) is 0 Å². The Labute approximate surface area is 167 Å². The van der Waals surface area contributed by atoms with Crippen molar-refractivity contribution in [2.45, 2.75) is 39.2 Å². The zero-order chi connectivity index (χ0) is 20.4. The molecule has 2 rings (SSSR count). The summed E-state index contributed by atoms with van der Waals surface area (Å²) in [5.74, 6) is -0.182. The highest BCUT2D eigenvalue weighted by atomic mass is 16.5. The lowest BCUT2D eigenvalue weighted by Crippen LogP contribution is -2.46. The number of unbranched alkanes of at least 4 members (excludes halogenated alkanes) is 1. The molecule has 5 radical (unpaired) electrons. The van der Waals surface area contributed by atoms with E-state index >= 15 is 0 Å². The minimum absolute atomic E-state index is 0.207. The molecule has 1 saturated carbocycles. The normalized spacial score (nSPS) is 15.1. The predicted octanol–water partition coefficient (Wildman–Crippen LogP) is 2.41. The topological polar surface area (TPSA) is 84.5 Å². The first-order valence-electron chi connectivity index (χ1n) is 9.61. The molecule has 1 atom stereocenters. The largest absolute Gasteiger partial charge is 0.464 e. The summed E-state index contributed by atoms with van der Waals surface area (Å²) < 4.78 is 5.00. The van der Waals surface area contributed by atoms with E-state index in [-0.39, 0.29) is 19.1 Å². The van der Waals surface area contributed by atoms with E-state index in [2.05, 4.69) is 10.6 Å². The second kappa shape index (κ2) is 11.5. The van der Waals surface area contributed by atoms with E-state index < -0.39 is 17.9 Å². The van der Waals surface area contributed by atoms with Crippen LogP contribution in [0.4, 0.5) is 0 Å². The summed E-state index contributed by atoms with van der Waals surface area (Å²) in [4.78, 5) is 36.5. The van der Waals surface area contributed by atoms with Crippen molar-refractivity contribution in [2.75, 3.05) is 13.2 Å². The van der Waals surface area contributed by atoms with E-state index in [9.17, 15) is 14.4 Å². The molecular weight excluding hydrogens is 356 g/mol. The maximum Gasteiger partial charge on any atom is 0.328 e. The van der Waals surface area contributed by atoms with Gasteiger partial charge in [0.1, 0.15) is 6.04 Å². The summed E-state index contributed by atoms with van der Waals surface area (Å²) in [5, 5.41) is 5.25. The van der Waals surface area contributed by atoms with Gasteiger partial charge in [0.05, 0.1) is 13.2 Å². The van der Waals surface area contributed by atoms with Crippen LogP contribution in [-0.4, -0.2) is 37.0 Å². The molecule has 149 valence electrons. The molecule has 2 N–H and O–H groups in total. The number of benzene rings is 1. The van der Waals surface area contributed by atoms with Gasteiger partial charge >= 0.3 is 5.97 Å². The first kappa shape index (κ1) is 21.9. The van der Waals surface area contributed by atoms with Gasteiger partial charge in [-0.05, 0) is 56.7 Å². The number of hydrogen-bond donors (Lipinski definition) is 2. The Bertz CT molecular complexity index is 668. The molecule has 1 fully saturated rings. The third-order valence-electron chi connectivity index (χ3n) is 4.28. The number of carbonyl (C=O) groups excluding carboxylic acids is 3. The van der Waals surface area contributed by atoms with Crippen LogP contribution in [0.1, 0.15) is 49.0 Å². The van der Waals surface area contributed by atoms with Crippen LogP contribution < -0.4 is 10.6 Å². The lowest BCUT2D eigenvalue weighted by atomic mass is 9.96. The number of hydrogen-bond acceptors (Lipinski definition) is 4. The van der Waals surface area contributed by atoms with Gasteiger partial charge in [0.2, 0.25) is 5.91 Å². The summed E-state index contributed by atoms with van der Waals surface area (Å²) in [6.45, 7) is 3.78. The van der Waals surface area contributed by atoms with Crippen molar-refractivity contribution in [2.24, 2.45) is 0 Å². The third-order valence-corrected chi connectivity index (χ3v) is 4.28. The van der Waals surface area contributed by atoms with Crippen LogP contribution in [0.25, 0.3) is 0 Å². The molecule has 6 heteroatoms. The molecule has 0 saturated heterocycles. The number of nitrogens with one attached hydrogen (secondary N) is 2. The minimum Gasteiger partial charge on any atom is -0.464 e. The Morgan fingerprint density at radius 1 is 1.11 bits per heavy atom. The molecule has 0 bridgehead atoms. The molecule has 0 heterocycles. The van der Waals surface area contributed by atoms with Gasteiger partial charge in [0, 0.05) is 11.5 Å². The Morgan fingerprint density at radius 3 is 2.54 bits per heavy atom. The summed E-state index contributed by atoms with van der Waals surface area (Å²) in [5.41, 5.74) is 1.41. The van der Waals surface area contributed by atoms with Crippen LogP contribution in [0.3, 0.4) is 0 Å². The Kier molecular flexibility index (Phi) is 8.98. The lowest BCUT2D eigenvalue weighted by Gasteiger charge is -2.17. The number of amides is 2. The average Bonchev–Trinajstić information content (AvgIpc) is 3.24. The smallest absolute Gasteiger partial charge is 0.328 e. The van der Waals surface area contributed by atoms with Crippen molar-refractivity contribution in [3.8, 4) is 0 Å². The van der Waals surface area contributed by atoms with Gasteiger partial charge in [-0.1, -0.05) is 31.9 Å². The van der Waals surface area contributed by atoms with E-state index in [1.807, 2.05) is 38.7 Å². The van der Waals surface area contributed by atoms with Gasteiger partial charge in [-0.15, -0.1) is 0 Å². The van der Waals surface area contributed by atoms with Crippen LogP contribution in [-0.2, 0) is 14.3 Å². The zero-order valence-electron chi connectivity index (χ0n) is 16.4. The molecule has 6 nitrogen and oxygen atoms in total. The zero-order valence-corrected chi connectivity index (χ0v) is 16.4. The van der Waals surface area contributed by atoms with Crippen molar-refractivity contribution < 1.29 is 19.1 Å². The molecule has 1 aromatic carbocycles. The second-order valence-electron chi connectivity index (χ2n) is 6.45. The van der Waals surface area contributed by atoms with Crippen molar-refractivity contribution in [3.05, 3.63) is 67.0 Å². The monoisotopic (exact) mass is 383 g/mol. The average molecular weight is 383 g/mol. The predicted molar refractivity (Wildman–Crippen MR) is 106 cm³/mol. The van der Waals surface area contributed by atoms with Gasteiger partial charge in [-0.2, -0.15) is 0 Å². The molecule has 1 aliphatic rings. The molecule has 0 aromatic heterocycles. The summed E-state index contributed by atoms with van der Waals surface area (Å²) in [7, 11) is 0. The Morgan fingerprint density at radius 2 is 1.86 bits per heavy atom. The minimum atomic E-state index is -0.690. The van der Waals surface area contributed by atoms with E-state index in [0.29, 0.717) is 12.0 Å². The van der Waals surface area contributed by atoms with Crippen LogP contribution in [0.2, 0.25) is 0 Å². The van der Waals surface area contributed by atoms with Gasteiger partial charge in [-0.3, -0.25) is 9.59 Å². The summed E-state index contributed by atoms with van der Waals surface area (Å²) in [6, 6.07) is 6.52.